The van der Waals surface area contributed by atoms with Gasteiger partial charge in [-0.1, -0.05) is 24.0 Å². The zero-order valence-electron chi connectivity index (χ0n) is 9.93. The van der Waals surface area contributed by atoms with Crippen molar-refractivity contribution < 1.29 is 9.53 Å². The van der Waals surface area contributed by atoms with Crippen LogP contribution in [0.1, 0.15) is 12.8 Å². The molecule has 94 valence electrons. The van der Waals surface area contributed by atoms with Crippen LogP contribution in [0.3, 0.4) is 0 Å². The Hall–Kier alpha value is -1.01. The van der Waals surface area contributed by atoms with Gasteiger partial charge < -0.3 is 14.6 Å². The van der Waals surface area contributed by atoms with Gasteiger partial charge in [0.05, 0.1) is 7.11 Å². The molecule has 0 saturated carbocycles. The third-order valence-electron chi connectivity index (χ3n) is 2.20. The highest BCUT2D eigenvalue weighted by molar-refractivity contribution is 8.23. The number of thioether (sulfide) groups is 1. The number of carbonyl (C=O) groups excluding carboxylic acids is 1. The Morgan fingerprint density at radius 3 is 3.00 bits per heavy atom. The molecule has 1 heterocycles. The number of esters is 1. The van der Waals surface area contributed by atoms with Crippen LogP contribution in [0.4, 0.5) is 5.82 Å². The molecule has 0 aliphatic rings. The van der Waals surface area contributed by atoms with Crippen LogP contribution in [-0.4, -0.2) is 35.2 Å². The molecule has 6 heteroatoms. The molecule has 1 rings (SSSR count). The molecule has 0 amide bonds. The number of nitrogens with zero attached hydrogens (tertiary/aromatic N) is 1. The summed E-state index contributed by atoms with van der Waals surface area (Å²) in [5.41, 5.74) is 0. The molecule has 0 bridgehead atoms. The van der Waals surface area contributed by atoms with Crippen LogP contribution in [0.15, 0.2) is 18.3 Å². The Morgan fingerprint density at radius 2 is 2.41 bits per heavy atom. The number of hydrogen-bond acceptors (Lipinski definition) is 4. The minimum Gasteiger partial charge on any atom is -0.469 e. The zero-order chi connectivity index (χ0) is 12.7. The lowest BCUT2D eigenvalue weighted by Crippen LogP contribution is -2.22. The van der Waals surface area contributed by atoms with Crippen molar-refractivity contribution in [3.63, 3.8) is 0 Å². The third kappa shape index (κ3) is 4.79. The summed E-state index contributed by atoms with van der Waals surface area (Å²) in [5.74, 6) is 1.61. The summed E-state index contributed by atoms with van der Waals surface area (Å²) in [4.78, 5) is 15.9. The first kappa shape index (κ1) is 14.1. The molecule has 0 saturated heterocycles. The van der Waals surface area contributed by atoms with Gasteiger partial charge in [-0.15, -0.1) is 0 Å². The van der Waals surface area contributed by atoms with Crippen molar-refractivity contribution in [2.24, 2.45) is 0 Å². The van der Waals surface area contributed by atoms with Crippen molar-refractivity contribution in [1.82, 2.24) is 4.98 Å². The summed E-state index contributed by atoms with van der Waals surface area (Å²) < 4.78 is 5.36. The van der Waals surface area contributed by atoms with Crippen LogP contribution >= 0.6 is 24.0 Å². The summed E-state index contributed by atoms with van der Waals surface area (Å²) in [6.45, 7) is 0. The van der Waals surface area contributed by atoms with Crippen molar-refractivity contribution in [3.8, 4) is 0 Å². The van der Waals surface area contributed by atoms with Gasteiger partial charge in [0.1, 0.15) is 10.1 Å². The third-order valence-corrected chi connectivity index (χ3v) is 3.84. The van der Waals surface area contributed by atoms with Crippen LogP contribution in [0.25, 0.3) is 0 Å². The fraction of sp³-hybridized carbons (Fsp3) is 0.455. The largest absolute Gasteiger partial charge is 0.469 e. The summed E-state index contributed by atoms with van der Waals surface area (Å²) in [6.07, 6.45) is 3.07. The average Bonchev–Trinajstić information content (AvgIpc) is 2.86. The second kappa shape index (κ2) is 7.34. The Balaban J connectivity index is 2.23. The van der Waals surface area contributed by atoms with Gasteiger partial charge in [-0.3, -0.25) is 4.79 Å². The molecule has 0 aliphatic carbocycles. The number of aromatic nitrogens is 1. The Morgan fingerprint density at radius 1 is 1.65 bits per heavy atom. The summed E-state index contributed by atoms with van der Waals surface area (Å²) in [6, 6.07) is 3.89. The van der Waals surface area contributed by atoms with E-state index in [1.807, 2.05) is 30.3 Å². The molecule has 1 aromatic heterocycles. The van der Waals surface area contributed by atoms with E-state index >= 15 is 0 Å². The lowest BCUT2D eigenvalue weighted by Gasteiger charge is -2.17. The van der Waals surface area contributed by atoms with Crippen molar-refractivity contribution >= 4 is 40.1 Å². The van der Waals surface area contributed by atoms with Crippen LogP contribution in [0, 0.1) is 0 Å². The number of carbonyl (C=O) groups is 1. The molecule has 0 atom stereocenters. The topological polar surface area (TPSA) is 45.3 Å². The predicted molar refractivity (Wildman–Crippen MR) is 75.5 cm³/mol. The molecule has 0 unspecified atom stereocenters. The Labute approximate surface area is 111 Å². The van der Waals surface area contributed by atoms with E-state index in [0.717, 1.165) is 22.3 Å². The monoisotopic (exact) mass is 272 g/mol. The van der Waals surface area contributed by atoms with E-state index in [-0.39, 0.29) is 5.97 Å². The molecule has 0 aliphatic heterocycles. The SMILES string of the molecule is COC(=O)CCCSC(=S)N(C)c1ccc[nH]1. The molecule has 0 aromatic carbocycles. The number of ether oxygens (including phenoxy) is 1. The molecule has 0 radical (unpaired) electrons. The van der Waals surface area contributed by atoms with Crippen molar-refractivity contribution in [2.75, 3.05) is 24.8 Å². The number of anilines is 1. The number of aromatic amines is 1. The molecule has 1 N–H and O–H groups in total. The summed E-state index contributed by atoms with van der Waals surface area (Å²) in [7, 11) is 3.32. The van der Waals surface area contributed by atoms with Gasteiger partial charge in [0.2, 0.25) is 0 Å². The van der Waals surface area contributed by atoms with Gasteiger partial charge in [-0.25, -0.2) is 0 Å². The normalized spacial score (nSPS) is 10.0. The highest BCUT2D eigenvalue weighted by atomic mass is 32.2. The Kier molecular flexibility index (Phi) is 6.07. The maximum Gasteiger partial charge on any atom is 0.305 e. The van der Waals surface area contributed by atoms with Gasteiger partial charge in [0, 0.05) is 25.4 Å². The van der Waals surface area contributed by atoms with Gasteiger partial charge in [-0.05, 0) is 18.6 Å². The quantitative estimate of drug-likeness (QED) is 0.507. The van der Waals surface area contributed by atoms with Crippen molar-refractivity contribution in [1.29, 1.82) is 0 Å². The number of thiocarbonyl (C=S) groups is 1. The second-order valence-electron chi connectivity index (χ2n) is 3.41. The maximum absolute atomic E-state index is 10.9. The number of nitrogens with one attached hydrogen (secondary N) is 1. The van der Waals surface area contributed by atoms with Gasteiger partial charge >= 0.3 is 5.97 Å². The molecular weight excluding hydrogens is 256 g/mol. The first-order valence-electron chi connectivity index (χ1n) is 5.26. The van der Waals surface area contributed by atoms with Crippen molar-refractivity contribution in [2.45, 2.75) is 12.8 Å². The minimum atomic E-state index is -0.172. The van der Waals surface area contributed by atoms with E-state index in [1.54, 1.807) is 11.8 Å². The van der Waals surface area contributed by atoms with Crippen molar-refractivity contribution in [3.05, 3.63) is 18.3 Å². The summed E-state index contributed by atoms with van der Waals surface area (Å²) in [5, 5.41) is 0. The van der Waals surface area contributed by atoms with Gasteiger partial charge in [0.25, 0.3) is 0 Å². The molecular formula is C11H16N2O2S2. The van der Waals surface area contributed by atoms with E-state index < -0.39 is 0 Å². The standard InChI is InChI=1S/C11H16N2O2S2/c1-13(9-5-3-7-12-9)11(16)17-8-4-6-10(14)15-2/h3,5,7,12H,4,6,8H2,1-2H3. The number of rotatable bonds is 5. The van der Waals surface area contributed by atoms with E-state index in [1.165, 1.54) is 7.11 Å². The lowest BCUT2D eigenvalue weighted by molar-refractivity contribution is -0.140. The smallest absolute Gasteiger partial charge is 0.305 e. The second-order valence-corrected chi connectivity index (χ2v) is 5.14. The van der Waals surface area contributed by atoms with E-state index in [0.29, 0.717) is 6.42 Å². The number of H-pyrrole nitrogens is 1. The molecule has 4 nitrogen and oxygen atoms in total. The molecule has 0 fully saturated rings. The zero-order valence-corrected chi connectivity index (χ0v) is 11.6. The predicted octanol–water partition coefficient (Wildman–Crippen LogP) is 2.42. The van der Waals surface area contributed by atoms with E-state index in [9.17, 15) is 4.79 Å². The summed E-state index contributed by atoms with van der Waals surface area (Å²) >= 11 is 6.85. The minimum absolute atomic E-state index is 0.172. The van der Waals surface area contributed by atoms with Crippen LogP contribution in [-0.2, 0) is 9.53 Å². The van der Waals surface area contributed by atoms with E-state index in [4.69, 9.17) is 12.2 Å². The molecule has 17 heavy (non-hydrogen) atoms. The van der Waals surface area contributed by atoms with Crippen LogP contribution in [0.2, 0.25) is 0 Å². The van der Waals surface area contributed by atoms with E-state index in [2.05, 4.69) is 9.72 Å². The first-order valence-corrected chi connectivity index (χ1v) is 6.65. The highest BCUT2D eigenvalue weighted by Gasteiger charge is 2.08. The molecule has 0 spiro atoms. The average molecular weight is 272 g/mol. The lowest BCUT2D eigenvalue weighted by atomic mass is 10.3. The fourth-order valence-electron chi connectivity index (χ4n) is 1.20. The fourth-order valence-corrected chi connectivity index (χ4v) is 2.31. The maximum atomic E-state index is 10.9. The van der Waals surface area contributed by atoms with Gasteiger partial charge in [-0.2, -0.15) is 0 Å². The highest BCUT2D eigenvalue weighted by Crippen LogP contribution is 2.16. The Bertz CT molecular complexity index is 366. The number of methoxy groups -OCH3 is 1. The molecule has 1 aromatic rings. The first-order chi connectivity index (χ1) is 8.15. The van der Waals surface area contributed by atoms with Gasteiger partial charge in [0.15, 0.2) is 0 Å². The number of hydrogen-bond donors (Lipinski definition) is 1. The van der Waals surface area contributed by atoms with Crippen LogP contribution in [0.5, 0.6) is 0 Å². The van der Waals surface area contributed by atoms with Crippen LogP contribution < -0.4 is 4.90 Å².